The molecule has 6 heteroatoms. The second kappa shape index (κ2) is 6.91. The molecule has 1 saturated heterocycles. The number of nitrogens with zero attached hydrogens (tertiary/aromatic N) is 2. The van der Waals surface area contributed by atoms with Crippen molar-refractivity contribution in [2.75, 3.05) is 18.5 Å². The fourth-order valence-electron chi connectivity index (χ4n) is 2.66. The summed E-state index contributed by atoms with van der Waals surface area (Å²) >= 11 is 0. The highest BCUT2D eigenvalue weighted by Crippen LogP contribution is 2.18. The molecule has 0 spiro atoms. The molecule has 122 valence electrons. The molecule has 0 bridgehead atoms. The van der Waals surface area contributed by atoms with Gasteiger partial charge in [0.1, 0.15) is 5.82 Å². The number of ether oxygens (including phenoxy) is 1. The van der Waals surface area contributed by atoms with Gasteiger partial charge in [-0.25, -0.2) is 4.39 Å². The van der Waals surface area contributed by atoms with Gasteiger partial charge in [0.25, 0.3) is 5.91 Å². The van der Waals surface area contributed by atoms with Crippen LogP contribution in [0.2, 0.25) is 0 Å². The average Bonchev–Trinajstić information content (AvgIpc) is 2.98. The largest absolute Gasteiger partial charge is 0.381 e. The molecule has 1 fully saturated rings. The van der Waals surface area contributed by atoms with Crippen LogP contribution < -0.4 is 5.32 Å². The lowest BCUT2D eigenvalue weighted by Gasteiger charge is -2.21. The molecule has 0 radical (unpaired) electrons. The zero-order valence-corrected chi connectivity index (χ0v) is 13.1. The van der Waals surface area contributed by atoms with Crippen molar-refractivity contribution < 1.29 is 13.9 Å². The number of amides is 1. The van der Waals surface area contributed by atoms with E-state index in [0.29, 0.717) is 22.7 Å². The number of hydrogen-bond donors (Lipinski definition) is 1. The van der Waals surface area contributed by atoms with E-state index in [1.807, 2.05) is 4.68 Å². The number of aryl methyl sites for hydroxylation is 1. The lowest BCUT2D eigenvalue weighted by Crippen LogP contribution is -2.20. The Morgan fingerprint density at radius 2 is 2.22 bits per heavy atom. The number of carbonyl (C=O) groups excluding carboxylic acids is 1. The summed E-state index contributed by atoms with van der Waals surface area (Å²) in [4.78, 5) is 12.1. The van der Waals surface area contributed by atoms with E-state index in [0.717, 1.165) is 32.6 Å². The van der Waals surface area contributed by atoms with Crippen molar-refractivity contribution in [3.63, 3.8) is 0 Å². The Morgan fingerprint density at radius 3 is 2.96 bits per heavy atom. The van der Waals surface area contributed by atoms with Crippen molar-refractivity contribution in [2.24, 2.45) is 5.92 Å². The molecule has 1 N–H and O–H groups in total. The predicted octanol–water partition coefficient (Wildman–Crippen LogP) is 3.01. The molecular formula is C17H20FN3O2. The number of halogens is 1. The summed E-state index contributed by atoms with van der Waals surface area (Å²) in [5.74, 6) is -0.166. The first-order chi connectivity index (χ1) is 11.1. The minimum Gasteiger partial charge on any atom is -0.381 e. The Kier molecular flexibility index (Phi) is 4.71. The molecule has 0 unspecified atom stereocenters. The summed E-state index contributed by atoms with van der Waals surface area (Å²) in [5, 5.41) is 7.02. The topological polar surface area (TPSA) is 56.2 Å². The van der Waals surface area contributed by atoms with E-state index in [9.17, 15) is 9.18 Å². The van der Waals surface area contributed by atoms with Crippen LogP contribution in [0.1, 0.15) is 28.8 Å². The lowest BCUT2D eigenvalue weighted by atomic mass is 10.0. The summed E-state index contributed by atoms with van der Waals surface area (Å²) in [6, 6.07) is 4.45. The standard InChI is InChI=1S/C17H20FN3O2/c1-12-2-3-14(8-16(12)18)17(22)20-15-9-19-21(11-15)10-13-4-6-23-7-5-13/h2-3,8-9,11,13H,4-7,10H2,1H3,(H,20,22). The van der Waals surface area contributed by atoms with Crippen molar-refractivity contribution >= 4 is 11.6 Å². The van der Waals surface area contributed by atoms with Crippen LogP contribution in [0.15, 0.2) is 30.6 Å². The van der Waals surface area contributed by atoms with Gasteiger partial charge in [-0.15, -0.1) is 0 Å². The van der Waals surface area contributed by atoms with Crippen LogP contribution in [0, 0.1) is 18.7 Å². The van der Waals surface area contributed by atoms with Crippen LogP contribution in [-0.2, 0) is 11.3 Å². The van der Waals surface area contributed by atoms with Gasteiger partial charge in [-0.05, 0) is 43.4 Å². The summed E-state index contributed by atoms with van der Waals surface area (Å²) in [7, 11) is 0. The highest BCUT2D eigenvalue weighted by Gasteiger charge is 2.15. The highest BCUT2D eigenvalue weighted by atomic mass is 19.1. The van der Waals surface area contributed by atoms with Crippen molar-refractivity contribution in [1.29, 1.82) is 0 Å². The quantitative estimate of drug-likeness (QED) is 0.943. The first kappa shape index (κ1) is 15.7. The van der Waals surface area contributed by atoms with E-state index < -0.39 is 0 Å². The number of nitrogens with one attached hydrogen (secondary N) is 1. The smallest absolute Gasteiger partial charge is 0.255 e. The molecule has 1 aliphatic rings. The van der Waals surface area contributed by atoms with Crippen molar-refractivity contribution in [3.05, 3.63) is 47.5 Å². The fourth-order valence-corrected chi connectivity index (χ4v) is 2.66. The van der Waals surface area contributed by atoms with E-state index in [-0.39, 0.29) is 11.7 Å². The Morgan fingerprint density at radius 1 is 1.43 bits per heavy atom. The summed E-state index contributed by atoms with van der Waals surface area (Å²) in [6.07, 6.45) is 5.48. The molecular weight excluding hydrogens is 297 g/mol. The molecule has 1 aromatic carbocycles. The van der Waals surface area contributed by atoms with Crippen molar-refractivity contribution in [2.45, 2.75) is 26.3 Å². The maximum absolute atomic E-state index is 13.5. The van der Waals surface area contributed by atoms with Gasteiger partial charge in [0, 0.05) is 31.5 Å². The van der Waals surface area contributed by atoms with Crippen LogP contribution in [0.3, 0.4) is 0 Å². The lowest BCUT2D eigenvalue weighted by molar-refractivity contribution is 0.0601. The van der Waals surface area contributed by atoms with E-state index in [2.05, 4.69) is 10.4 Å². The second-order valence-electron chi connectivity index (χ2n) is 5.92. The molecule has 1 amide bonds. The number of aromatic nitrogens is 2. The normalized spacial score (nSPS) is 15.6. The van der Waals surface area contributed by atoms with Gasteiger partial charge in [-0.1, -0.05) is 6.07 Å². The molecule has 2 aromatic rings. The summed E-state index contributed by atoms with van der Waals surface area (Å²) in [5.41, 5.74) is 1.43. The first-order valence-corrected chi connectivity index (χ1v) is 7.79. The van der Waals surface area contributed by atoms with Gasteiger partial charge >= 0.3 is 0 Å². The van der Waals surface area contributed by atoms with E-state index >= 15 is 0 Å². The minimum absolute atomic E-state index is 0.297. The minimum atomic E-state index is -0.382. The number of anilines is 1. The molecule has 2 heterocycles. The molecule has 1 aromatic heterocycles. The summed E-state index contributed by atoms with van der Waals surface area (Å²) in [6.45, 7) is 4.08. The first-order valence-electron chi connectivity index (χ1n) is 7.79. The number of carbonyl (C=O) groups is 1. The Balaban J connectivity index is 1.61. The number of benzene rings is 1. The SMILES string of the molecule is Cc1ccc(C(=O)Nc2cnn(CC3CCOCC3)c2)cc1F. The number of rotatable bonds is 4. The van der Waals surface area contributed by atoms with Crippen LogP contribution >= 0.6 is 0 Å². The second-order valence-corrected chi connectivity index (χ2v) is 5.92. The van der Waals surface area contributed by atoms with Gasteiger partial charge in [-0.3, -0.25) is 9.48 Å². The van der Waals surface area contributed by atoms with Crippen LogP contribution in [-0.4, -0.2) is 28.9 Å². The third-order valence-corrected chi connectivity index (χ3v) is 4.11. The Hall–Kier alpha value is -2.21. The zero-order valence-electron chi connectivity index (χ0n) is 13.1. The maximum atomic E-state index is 13.5. The molecule has 0 aliphatic carbocycles. The Labute approximate surface area is 134 Å². The van der Waals surface area contributed by atoms with E-state index in [4.69, 9.17) is 4.74 Å². The molecule has 23 heavy (non-hydrogen) atoms. The zero-order chi connectivity index (χ0) is 16.2. The Bertz CT molecular complexity index is 693. The van der Waals surface area contributed by atoms with Crippen LogP contribution in [0.25, 0.3) is 0 Å². The molecule has 5 nitrogen and oxygen atoms in total. The average molecular weight is 317 g/mol. The third kappa shape index (κ3) is 3.96. The molecule has 3 rings (SSSR count). The third-order valence-electron chi connectivity index (χ3n) is 4.11. The van der Waals surface area contributed by atoms with E-state index in [1.54, 1.807) is 31.5 Å². The van der Waals surface area contributed by atoms with Gasteiger partial charge in [0.05, 0.1) is 11.9 Å². The van der Waals surface area contributed by atoms with Crippen LogP contribution in [0.5, 0.6) is 0 Å². The van der Waals surface area contributed by atoms with Gasteiger partial charge in [0.2, 0.25) is 0 Å². The van der Waals surface area contributed by atoms with Crippen molar-refractivity contribution in [1.82, 2.24) is 9.78 Å². The maximum Gasteiger partial charge on any atom is 0.255 e. The van der Waals surface area contributed by atoms with E-state index in [1.165, 1.54) is 6.07 Å². The number of hydrogen-bond acceptors (Lipinski definition) is 3. The van der Waals surface area contributed by atoms with Crippen molar-refractivity contribution in [3.8, 4) is 0 Å². The van der Waals surface area contributed by atoms with Crippen LogP contribution in [0.4, 0.5) is 10.1 Å². The predicted molar refractivity (Wildman–Crippen MR) is 84.9 cm³/mol. The molecule has 1 aliphatic heterocycles. The highest BCUT2D eigenvalue weighted by molar-refractivity contribution is 6.04. The molecule has 0 saturated carbocycles. The monoisotopic (exact) mass is 317 g/mol. The van der Waals surface area contributed by atoms with Gasteiger partial charge in [0.15, 0.2) is 0 Å². The van der Waals surface area contributed by atoms with Gasteiger partial charge < -0.3 is 10.1 Å². The molecule has 0 atom stereocenters. The fraction of sp³-hybridized carbons (Fsp3) is 0.412. The van der Waals surface area contributed by atoms with Gasteiger partial charge in [-0.2, -0.15) is 5.10 Å². The summed E-state index contributed by atoms with van der Waals surface area (Å²) < 4.78 is 20.7.